The second-order valence-electron chi connectivity index (χ2n) is 7.82. The van der Waals surface area contributed by atoms with Crippen molar-refractivity contribution in [3.05, 3.63) is 74.9 Å². The topological polar surface area (TPSA) is 66.7 Å². The van der Waals surface area contributed by atoms with Crippen LogP contribution in [0.3, 0.4) is 0 Å². The zero-order chi connectivity index (χ0) is 21.4. The van der Waals surface area contributed by atoms with E-state index >= 15 is 0 Å². The summed E-state index contributed by atoms with van der Waals surface area (Å²) in [6, 6.07) is 6.97. The van der Waals surface area contributed by atoms with Crippen molar-refractivity contribution in [1.82, 2.24) is 14.8 Å². The summed E-state index contributed by atoms with van der Waals surface area (Å²) in [5.74, 6) is -0.0618. The second-order valence-corrected chi connectivity index (χ2v) is 7.82. The molecular weight excluding hydrogens is 378 g/mol. The molecule has 156 valence electrons. The zero-order valence-corrected chi connectivity index (χ0v) is 17.9. The molecule has 3 heterocycles. The minimum absolute atomic E-state index is 0.130. The Labute approximate surface area is 176 Å². The first kappa shape index (κ1) is 20.3. The van der Waals surface area contributed by atoms with Gasteiger partial charge < -0.3 is 14.2 Å². The summed E-state index contributed by atoms with van der Waals surface area (Å²) in [4.78, 5) is 35.0. The van der Waals surface area contributed by atoms with Gasteiger partial charge in [0, 0.05) is 25.5 Å². The SMILES string of the molecule is CCN(CC)CCN1C(=O)c2oc3cc(C)c(C)cc3c(=O)c2C1c1ccncc1. The molecule has 1 amide bonds. The van der Waals surface area contributed by atoms with Crippen LogP contribution in [0.4, 0.5) is 0 Å². The van der Waals surface area contributed by atoms with E-state index in [0.29, 0.717) is 23.1 Å². The van der Waals surface area contributed by atoms with Crippen molar-refractivity contribution in [3.8, 4) is 0 Å². The molecular formula is C24H27N3O3. The van der Waals surface area contributed by atoms with E-state index in [0.717, 1.165) is 36.3 Å². The van der Waals surface area contributed by atoms with Crippen LogP contribution in [-0.4, -0.2) is 46.9 Å². The average molecular weight is 405 g/mol. The Morgan fingerprint density at radius 2 is 1.73 bits per heavy atom. The van der Waals surface area contributed by atoms with Crippen LogP contribution in [0, 0.1) is 13.8 Å². The summed E-state index contributed by atoms with van der Waals surface area (Å²) < 4.78 is 6.05. The van der Waals surface area contributed by atoms with Crippen LogP contribution in [0.15, 0.2) is 45.9 Å². The predicted molar refractivity (Wildman–Crippen MR) is 117 cm³/mol. The number of amides is 1. The first-order valence-corrected chi connectivity index (χ1v) is 10.5. The third-order valence-corrected chi connectivity index (χ3v) is 6.16. The van der Waals surface area contributed by atoms with Gasteiger partial charge in [-0.2, -0.15) is 0 Å². The van der Waals surface area contributed by atoms with Gasteiger partial charge in [-0.3, -0.25) is 14.6 Å². The van der Waals surface area contributed by atoms with Crippen molar-refractivity contribution < 1.29 is 9.21 Å². The van der Waals surface area contributed by atoms with Crippen molar-refractivity contribution in [2.24, 2.45) is 0 Å². The lowest BCUT2D eigenvalue weighted by Gasteiger charge is -2.28. The Kier molecular flexibility index (Phi) is 5.43. The summed E-state index contributed by atoms with van der Waals surface area (Å²) in [6.07, 6.45) is 3.38. The lowest BCUT2D eigenvalue weighted by Crippen LogP contribution is -2.37. The van der Waals surface area contributed by atoms with Gasteiger partial charge in [0.05, 0.1) is 17.0 Å². The lowest BCUT2D eigenvalue weighted by molar-refractivity contribution is 0.0708. The van der Waals surface area contributed by atoms with Gasteiger partial charge >= 0.3 is 0 Å². The first-order chi connectivity index (χ1) is 14.5. The number of pyridine rings is 1. The van der Waals surface area contributed by atoms with E-state index in [2.05, 4.69) is 23.7 Å². The number of carbonyl (C=O) groups excluding carboxylic acids is 1. The van der Waals surface area contributed by atoms with Crippen LogP contribution >= 0.6 is 0 Å². The van der Waals surface area contributed by atoms with Gasteiger partial charge in [0.15, 0.2) is 5.43 Å². The number of hydrogen-bond acceptors (Lipinski definition) is 5. The molecule has 2 aromatic heterocycles. The normalized spacial score (nSPS) is 16.0. The molecule has 3 aromatic rings. The highest BCUT2D eigenvalue weighted by molar-refractivity contribution is 5.99. The van der Waals surface area contributed by atoms with Gasteiger partial charge in [0.1, 0.15) is 5.58 Å². The molecule has 1 unspecified atom stereocenters. The molecule has 1 atom stereocenters. The molecule has 0 aliphatic carbocycles. The lowest BCUT2D eigenvalue weighted by atomic mass is 9.98. The zero-order valence-electron chi connectivity index (χ0n) is 17.9. The number of fused-ring (bicyclic) bond motifs is 2. The molecule has 0 fully saturated rings. The maximum atomic E-state index is 13.5. The van der Waals surface area contributed by atoms with E-state index in [-0.39, 0.29) is 17.1 Å². The third-order valence-electron chi connectivity index (χ3n) is 6.16. The molecule has 30 heavy (non-hydrogen) atoms. The number of benzene rings is 1. The number of rotatable bonds is 6. The van der Waals surface area contributed by atoms with Crippen molar-refractivity contribution in [1.29, 1.82) is 0 Å². The van der Waals surface area contributed by atoms with Gasteiger partial charge in [0.25, 0.3) is 5.91 Å². The Balaban J connectivity index is 1.89. The molecule has 6 heteroatoms. The molecule has 4 rings (SSSR count). The van der Waals surface area contributed by atoms with E-state index < -0.39 is 6.04 Å². The monoisotopic (exact) mass is 405 g/mol. The maximum Gasteiger partial charge on any atom is 0.290 e. The summed E-state index contributed by atoms with van der Waals surface area (Å²) in [5, 5.41) is 0.522. The summed E-state index contributed by atoms with van der Waals surface area (Å²) in [6.45, 7) is 11.2. The van der Waals surface area contributed by atoms with Crippen molar-refractivity contribution in [2.75, 3.05) is 26.2 Å². The number of aromatic nitrogens is 1. The molecule has 1 aromatic carbocycles. The third kappa shape index (κ3) is 3.31. The van der Waals surface area contributed by atoms with Crippen LogP contribution in [-0.2, 0) is 0 Å². The highest BCUT2D eigenvalue weighted by Crippen LogP contribution is 2.38. The highest BCUT2D eigenvalue weighted by Gasteiger charge is 2.42. The molecule has 0 saturated heterocycles. The van der Waals surface area contributed by atoms with Crippen LogP contribution in [0.2, 0.25) is 0 Å². The number of carbonyl (C=O) groups is 1. The van der Waals surface area contributed by atoms with E-state index in [1.165, 1.54) is 0 Å². The molecule has 1 aliphatic rings. The number of likely N-dealkylation sites (N-methyl/N-ethyl adjacent to an activating group) is 1. The minimum atomic E-state index is -0.465. The maximum absolute atomic E-state index is 13.5. The molecule has 0 spiro atoms. The first-order valence-electron chi connectivity index (χ1n) is 10.5. The van der Waals surface area contributed by atoms with E-state index in [1.807, 2.05) is 38.1 Å². The van der Waals surface area contributed by atoms with Crippen LogP contribution in [0.5, 0.6) is 0 Å². The Hall–Kier alpha value is -2.99. The Bertz CT molecular complexity index is 1150. The number of aryl methyl sites for hydroxylation is 2. The molecule has 0 radical (unpaired) electrons. The standard InChI is InChI=1S/C24H27N3O3/c1-5-26(6-2)11-12-27-21(17-7-9-25-10-8-17)20-22(28)18-13-15(3)16(4)14-19(18)30-23(20)24(27)29/h7-10,13-14,21H,5-6,11-12H2,1-4H3. The van der Waals surface area contributed by atoms with E-state index in [4.69, 9.17) is 4.42 Å². The van der Waals surface area contributed by atoms with Gasteiger partial charge in [-0.15, -0.1) is 0 Å². The molecule has 6 nitrogen and oxygen atoms in total. The quantitative estimate of drug-likeness (QED) is 0.626. The second kappa shape index (κ2) is 8.03. The van der Waals surface area contributed by atoms with Crippen molar-refractivity contribution in [2.45, 2.75) is 33.7 Å². The predicted octanol–water partition coefficient (Wildman–Crippen LogP) is 3.69. The fourth-order valence-corrected chi connectivity index (χ4v) is 4.19. The van der Waals surface area contributed by atoms with Gasteiger partial charge in [0.2, 0.25) is 5.76 Å². The van der Waals surface area contributed by atoms with Gasteiger partial charge in [-0.05, 0) is 67.9 Å². The summed E-state index contributed by atoms with van der Waals surface area (Å²) in [7, 11) is 0. The smallest absolute Gasteiger partial charge is 0.290 e. The largest absolute Gasteiger partial charge is 0.450 e. The molecule has 0 bridgehead atoms. The van der Waals surface area contributed by atoms with E-state index in [1.54, 1.807) is 17.3 Å². The van der Waals surface area contributed by atoms with Crippen LogP contribution in [0.25, 0.3) is 11.0 Å². The summed E-state index contributed by atoms with van der Waals surface area (Å²) in [5.41, 5.74) is 3.69. The van der Waals surface area contributed by atoms with Crippen LogP contribution in [0.1, 0.15) is 52.7 Å². The molecule has 0 saturated carbocycles. The average Bonchev–Trinajstić information content (AvgIpc) is 3.03. The van der Waals surface area contributed by atoms with Crippen LogP contribution < -0.4 is 5.43 Å². The number of nitrogens with zero attached hydrogens (tertiary/aromatic N) is 3. The summed E-state index contributed by atoms with van der Waals surface area (Å²) >= 11 is 0. The van der Waals surface area contributed by atoms with Gasteiger partial charge in [-0.1, -0.05) is 13.8 Å². The van der Waals surface area contributed by atoms with Crippen molar-refractivity contribution in [3.63, 3.8) is 0 Å². The van der Waals surface area contributed by atoms with E-state index in [9.17, 15) is 9.59 Å². The Morgan fingerprint density at radius 3 is 2.40 bits per heavy atom. The molecule has 1 aliphatic heterocycles. The highest BCUT2D eigenvalue weighted by atomic mass is 16.3. The Morgan fingerprint density at radius 1 is 1.07 bits per heavy atom. The fraction of sp³-hybridized carbons (Fsp3) is 0.375. The fourth-order valence-electron chi connectivity index (χ4n) is 4.19. The number of hydrogen-bond donors (Lipinski definition) is 0. The van der Waals surface area contributed by atoms with Crippen molar-refractivity contribution >= 4 is 16.9 Å². The molecule has 0 N–H and O–H groups in total. The minimum Gasteiger partial charge on any atom is -0.450 e. The van der Waals surface area contributed by atoms with Gasteiger partial charge in [-0.25, -0.2) is 0 Å².